The molecule has 0 bridgehead atoms. The molecular weight excluding hydrogens is 284 g/mol. The van der Waals surface area contributed by atoms with Crippen molar-refractivity contribution in [2.24, 2.45) is 5.92 Å². The maximum atomic E-state index is 12.3. The maximum Gasteiger partial charge on any atom is 0.214 e. The average molecular weight is 306 g/mol. The first-order valence-electron chi connectivity index (χ1n) is 7.44. The van der Waals surface area contributed by atoms with Crippen LogP contribution in [0.2, 0.25) is 0 Å². The molecule has 2 atom stereocenters. The highest BCUT2D eigenvalue weighted by atomic mass is 32.2. The van der Waals surface area contributed by atoms with Crippen LogP contribution in [-0.2, 0) is 10.0 Å². The molecule has 0 spiro atoms. The lowest BCUT2D eigenvalue weighted by atomic mass is 9.82. The molecule has 1 fully saturated rings. The fraction of sp³-hybridized carbons (Fsp3) is 0.562. The van der Waals surface area contributed by atoms with Gasteiger partial charge in [-0.25, -0.2) is 12.7 Å². The number of nitriles is 1. The predicted octanol–water partition coefficient (Wildman–Crippen LogP) is 2.75. The Morgan fingerprint density at radius 2 is 2.05 bits per heavy atom. The van der Waals surface area contributed by atoms with Crippen molar-refractivity contribution in [3.63, 3.8) is 0 Å². The molecule has 1 aromatic carbocycles. The third-order valence-corrected chi connectivity index (χ3v) is 6.10. The van der Waals surface area contributed by atoms with Crippen molar-refractivity contribution < 1.29 is 8.42 Å². The van der Waals surface area contributed by atoms with Gasteiger partial charge in [-0.05, 0) is 30.2 Å². The van der Waals surface area contributed by atoms with Crippen molar-refractivity contribution in [2.45, 2.75) is 32.1 Å². The van der Waals surface area contributed by atoms with Gasteiger partial charge in [0.05, 0.1) is 11.8 Å². The normalized spacial score (nSPS) is 23.6. The van der Waals surface area contributed by atoms with Crippen molar-refractivity contribution in [3.8, 4) is 6.07 Å². The molecule has 21 heavy (non-hydrogen) atoms. The van der Waals surface area contributed by atoms with E-state index in [1.54, 1.807) is 4.31 Å². The molecule has 2 rings (SSSR count). The number of piperidine rings is 1. The number of hydrogen-bond donors (Lipinski definition) is 0. The number of sulfonamides is 1. The van der Waals surface area contributed by atoms with Gasteiger partial charge in [0.15, 0.2) is 0 Å². The van der Waals surface area contributed by atoms with Crippen LogP contribution in [0.4, 0.5) is 0 Å². The largest absolute Gasteiger partial charge is 0.214 e. The molecule has 0 radical (unpaired) electrons. The van der Waals surface area contributed by atoms with Gasteiger partial charge < -0.3 is 0 Å². The second-order valence-corrected chi connectivity index (χ2v) is 7.81. The lowest BCUT2D eigenvalue weighted by molar-refractivity contribution is 0.248. The predicted molar refractivity (Wildman–Crippen MR) is 83.2 cm³/mol. The molecule has 0 aromatic heterocycles. The fourth-order valence-electron chi connectivity index (χ4n) is 3.02. The van der Waals surface area contributed by atoms with E-state index in [-0.39, 0.29) is 5.75 Å². The molecular formula is C16H22N2O2S. The molecule has 0 amide bonds. The molecule has 5 heteroatoms. The second kappa shape index (κ2) is 7.06. The summed E-state index contributed by atoms with van der Waals surface area (Å²) in [6, 6.07) is 12.3. The molecule has 0 saturated carbocycles. The van der Waals surface area contributed by atoms with E-state index in [1.807, 2.05) is 24.3 Å². The summed E-state index contributed by atoms with van der Waals surface area (Å²) in [6.07, 6.45) is 1.59. The van der Waals surface area contributed by atoms with Crippen LogP contribution in [0.1, 0.15) is 37.7 Å². The van der Waals surface area contributed by atoms with E-state index in [0.717, 1.165) is 6.42 Å². The number of unbranched alkanes of at least 4 members (excludes halogenated alkanes) is 1. The Labute approximate surface area is 127 Å². The van der Waals surface area contributed by atoms with Gasteiger partial charge in [-0.1, -0.05) is 37.3 Å². The van der Waals surface area contributed by atoms with Crippen LogP contribution in [0.15, 0.2) is 30.3 Å². The molecule has 0 aliphatic carbocycles. The summed E-state index contributed by atoms with van der Waals surface area (Å²) in [5, 5.41) is 8.52. The Balaban J connectivity index is 1.99. The Kier molecular flexibility index (Phi) is 5.38. The summed E-state index contributed by atoms with van der Waals surface area (Å²) in [5.41, 5.74) is 1.30. The van der Waals surface area contributed by atoms with Gasteiger partial charge in [0.1, 0.15) is 0 Å². The first-order valence-corrected chi connectivity index (χ1v) is 9.05. The second-order valence-electron chi connectivity index (χ2n) is 5.72. The molecule has 1 saturated heterocycles. The lowest BCUT2D eigenvalue weighted by Gasteiger charge is -2.36. The van der Waals surface area contributed by atoms with Crippen LogP contribution in [0.3, 0.4) is 0 Å². The molecule has 0 unspecified atom stereocenters. The van der Waals surface area contributed by atoms with Crippen LogP contribution in [-0.4, -0.2) is 31.6 Å². The van der Waals surface area contributed by atoms with Crippen molar-refractivity contribution in [3.05, 3.63) is 35.9 Å². The highest BCUT2D eigenvalue weighted by Crippen LogP contribution is 2.33. The Hall–Kier alpha value is -1.38. The standard InChI is InChI=1S/C16H22N2O2S/c1-14-13-18(21(19,20)12-6-5-10-17)11-9-16(14)15-7-3-2-4-8-15/h2-4,7-8,14,16H,5-6,9,11-13H2,1H3/t14-,16-/m0/s1. The van der Waals surface area contributed by atoms with Gasteiger partial charge in [0.2, 0.25) is 10.0 Å². The molecule has 4 nitrogen and oxygen atoms in total. The summed E-state index contributed by atoms with van der Waals surface area (Å²) >= 11 is 0. The fourth-order valence-corrected chi connectivity index (χ4v) is 4.63. The highest BCUT2D eigenvalue weighted by molar-refractivity contribution is 7.89. The summed E-state index contributed by atoms with van der Waals surface area (Å²) in [6.45, 7) is 3.28. The van der Waals surface area contributed by atoms with Gasteiger partial charge >= 0.3 is 0 Å². The topological polar surface area (TPSA) is 61.2 Å². The molecule has 0 N–H and O–H groups in total. The van der Waals surface area contributed by atoms with E-state index >= 15 is 0 Å². The third-order valence-electron chi connectivity index (χ3n) is 4.18. The van der Waals surface area contributed by atoms with E-state index < -0.39 is 10.0 Å². The van der Waals surface area contributed by atoms with Crippen molar-refractivity contribution in [1.82, 2.24) is 4.31 Å². The molecule has 1 aliphatic rings. The zero-order chi connectivity index (χ0) is 15.3. The first-order chi connectivity index (χ1) is 10.0. The molecule has 1 aromatic rings. The number of benzene rings is 1. The molecule has 1 heterocycles. The lowest BCUT2D eigenvalue weighted by Crippen LogP contribution is -2.43. The van der Waals surface area contributed by atoms with E-state index in [2.05, 4.69) is 19.1 Å². The third kappa shape index (κ3) is 4.05. The van der Waals surface area contributed by atoms with E-state index in [9.17, 15) is 8.42 Å². The molecule has 1 aliphatic heterocycles. The zero-order valence-corrected chi connectivity index (χ0v) is 13.2. The summed E-state index contributed by atoms with van der Waals surface area (Å²) in [5.74, 6) is 0.826. The summed E-state index contributed by atoms with van der Waals surface area (Å²) in [4.78, 5) is 0. The van der Waals surface area contributed by atoms with Crippen molar-refractivity contribution >= 4 is 10.0 Å². The van der Waals surface area contributed by atoms with Crippen LogP contribution >= 0.6 is 0 Å². The monoisotopic (exact) mass is 306 g/mol. The van der Waals surface area contributed by atoms with E-state index in [1.165, 1.54) is 5.56 Å². The quantitative estimate of drug-likeness (QED) is 0.786. The summed E-state index contributed by atoms with van der Waals surface area (Å²) in [7, 11) is -3.21. The van der Waals surface area contributed by atoms with Crippen LogP contribution < -0.4 is 0 Å². The van der Waals surface area contributed by atoms with Crippen molar-refractivity contribution in [1.29, 1.82) is 5.26 Å². The maximum absolute atomic E-state index is 12.3. The Bertz CT molecular complexity index is 592. The van der Waals surface area contributed by atoms with E-state index in [0.29, 0.717) is 37.8 Å². The van der Waals surface area contributed by atoms with Crippen molar-refractivity contribution in [2.75, 3.05) is 18.8 Å². The Morgan fingerprint density at radius 3 is 2.67 bits per heavy atom. The van der Waals surface area contributed by atoms with Gasteiger partial charge in [-0.3, -0.25) is 0 Å². The zero-order valence-electron chi connectivity index (χ0n) is 12.4. The van der Waals surface area contributed by atoms with Crippen LogP contribution in [0.5, 0.6) is 0 Å². The van der Waals surface area contributed by atoms with Gasteiger partial charge in [-0.15, -0.1) is 0 Å². The SMILES string of the molecule is C[C@H]1CN(S(=O)(=O)CCCC#N)CC[C@@H]1c1ccccc1. The minimum Gasteiger partial charge on any atom is -0.212 e. The average Bonchev–Trinajstić information content (AvgIpc) is 2.48. The van der Waals surface area contributed by atoms with Crippen LogP contribution in [0, 0.1) is 17.2 Å². The number of rotatable bonds is 5. The minimum atomic E-state index is -3.21. The number of hydrogen-bond acceptors (Lipinski definition) is 3. The van der Waals surface area contributed by atoms with Gasteiger partial charge in [0.25, 0.3) is 0 Å². The van der Waals surface area contributed by atoms with Gasteiger partial charge in [0, 0.05) is 19.5 Å². The minimum absolute atomic E-state index is 0.0866. The highest BCUT2D eigenvalue weighted by Gasteiger charge is 2.32. The van der Waals surface area contributed by atoms with Gasteiger partial charge in [-0.2, -0.15) is 5.26 Å². The Morgan fingerprint density at radius 1 is 1.33 bits per heavy atom. The summed E-state index contributed by atoms with van der Waals surface area (Å²) < 4.78 is 26.1. The molecule has 114 valence electrons. The first kappa shape index (κ1) is 16.0. The van der Waals surface area contributed by atoms with E-state index in [4.69, 9.17) is 5.26 Å². The number of nitrogens with zero attached hydrogens (tertiary/aromatic N) is 2. The smallest absolute Gasteiger partial charge is 0.212 e. The van der Waals surface area contributed by atoms with Crippen LogP contribution in [0.25, 0.3) is 0 Å².